The molecule has 2 aromatic rings. The van der Waals surface area contributed by atoms with Crippen LogP contribution in [0.1, 0.15) is 36.8 Å². The molecule has 2 rings (SSSR count). The van der Waals surface area contributed by atoms with Crippen molar-refractivity contribution in [2.75, 3.05) is 0 Å². The van der Waals surface area contributed by atoms with E-state index in [1.54, 1.807) is 0 Å². The number of esters is 2. The second kappa shape index (κ2) is 11.1. The second-order valence-corrected chi connectivity index (χ2v) is 6.09. The second-order valence-electron chi connectivity index (χ2n) is 6.09. The average molecular weight is 355 g/mol. The minimum absolute atomic E-state index is 0.221. The summed E-state index contributed by atoms with van der Waals surface area (Å²) in [6.45, 7) is 0.504. The summed E-state index contributed by atoms with van der Waals surface area (Å²) in [6.07, 6.45) is 2.10. The van der Waals surface area contributed by atoms with Gasteiger partial charge in [-0.25, -0.2) is 0 Å². The predicted octanol–water partition coefficient (Wildman–Crippen LogP) is 3.36. The van der Waals surface area contributed by atoms with E-state index in [-0.39, 0.29) is 19.2 Å². The van der Waals surface area contributed by atoms with Crippen molar-refractivity contribution in [2.45, 2.75) is 44.9 Å². The summed E-state index contributed by atoms with van der Waals surface area (Å²) >= 11 is 0. The molecule has 0 saturated carbocycles. The molecule has 5 nitrogen and oxygen atoms in total. The molecule has 0 amide bonds. The number of nitrogens with two attached hydrogens (primary N) is 1. The van der Waals surface area contributed by atoms with Crippen molar-refractivity contribution in [3.05, 3.63) is 71.8 Å². The number of hydrogen-bond donors (Lipinski definition) is 1. The number of rotatable bonds is 10. The average Bonchev–Trinajstić information content (AvgIpc) is 2.69. The molecule has 0 radical (unpaired) electrons. The van der Waals surface area contributed by atoms with Crippen molar-refractivity contribution < 1.29 is 19.1 Å². The molecular formula is C21H25NO4. The van der Waals surface area contributed by atoms with Crippen molar-refractivity contribution in [1.29, 1.82) is 0 Å². The molecule has 0 heterocycles. The molecule has 0 aromatic heterocycles. The van der Waals surface area contributed by atoms with Crippen LogP contribution in [0.2, 0.25) is 0 Å². The van der Waals surface area contributed by atoms with Gasteiger partial charge in [-0.3, -0.25) is 9.59 Å². The van der Waals surface area contributed by atoms with E-state index in [9.17, 15) is 9.59 Å². The van der Waals surface area contributed by atoms with Gasteiger partial charge in [0.2, 0.25) is 0 Å². The number of carbonyl (C=O) groups excluding carboxylic acids is 2. The van der Waals surface area contributed by atoms with Gasteiger partial charge in [0.1, 0.15) is 19.3 Å². The smallest absolute Gasteiger partial charge is 0.323 e. The van der Waals surface area contributed by atoms with Crippen LogP contribution in [0.15, 0.2) is 60.7 Å². The molecule has 2 N–H and O–H groups in total. The maximum absolute atomic E-state index is 11.9. The van der Waals surface area contributed by atoms with E-state index >= 15 is 0 Å². The Morgan fingerprint density at radius 3 is 1.92 bits per heavy atom. The number of benzene rings is 2. The third kappa shape index (κ3) is 7.49. The van der Waals surface area contributed by atoms with Gasteiger partial charge >= 0.3 is 11.9 Å². The van der Waals surface area contributed by atoms with Gasteiger partial charge in [-0.2, -0.15) is 0 Å². The molecule has 0 bridgehead atoms. The molecule has 0 spiro atoms. The maximum Gasteiger partial charge on any atom is 0.323 e. The fourth-order valence-corrected chi connectivity index (χ4v) is 2.40. The van der Waals surface area contributed by atoms with Gasteiger partial charge in [0.05, 0.1) is 0 Å². The highest BCUT2D eigenvalue weighted by atomic mass is 16.5. The number of carbonyl (C=O) groups is 2. The Bertz CT molecular complexity index is 673. The fourth-order valence-electron chi connectivity index (χ4n) is 2.40. The molecule has 0 saturated heterocycles. The van der Waals surface area contributed by atoms with Crippen LogP contribution in [0, 0.1) is 0 Å². The quantitative estimate of drug-likeness (QED) is 0.522. The highest BCUT2D eigenvalue weighted by Crippen LogP contribution is 2.08. The molecule has 0 aliphatic rings. The summed E-state index contributed by atoms with van der Waals surface area (Å²) in [5.41, 5.74) is 7.73. The topological polar surface area (TPSA) is 78.6 Å². The molecule has 1 unspecified atom stereocenters. The maximum atomic E-state index is 11.9. The SMILES string of the molecule is NC(CCCCC(=O)OCc1ccccc1)C(=O)OCc1ccccc1. The molecule has 26 heavy (non-hydrogen) atoms. The zero-order valence-corrected chi connectivity index (χ0v) is 14.8. The van der Waals surface area contributed by atoms with Crippen LogP contribution in [-0.2, 0) is 32.3 Å². The zero-order valence-electron chi connectivity index (χ0n) is 14.8. The van der Waals surface area contributed by atoms with Crippen molar-refractivity contribution in [3.8, 4) is 0 Å². The Kier molecular flexibility index (Phi) is 8.36. The number of ether oxygens (including phenoxy) is 2. The first-order valence-electron chi connectivity index (χ1n) is 8.81. The van der Waals surface area contributed by atoms with Crippen molar-refractivity contribution in [3.63, 3.8) is 0 Å². The minimum atomic E-state index is -0.668. The van der Waals surface area contributed by atoms with Crippen LogP contribution >= 0.6 is 0 Å². The third-order valence-corrected chi connectivity index (χ3v) is 3.92. The van der Waals surface area contributed by atoms with E-state index in [0.717, 1.165) is 11.1 Å². The molecule has 0 aliphatic carbocycles. The first kappa shape index (κ1) is 19.7. The van der Waals surface area contributed by atoms with Crippen LogP contribution in [-0.4, -0.2) is 18.0 Å². The van der Waals surface area contributed by atoms with Crippen LogP contribution in [0.25, 0.3) is 0 Å². The Morgan fingerprint density at radius 1 is 0.808 bits per heavy atom. The van der Waals surface area contributed by atoms with E-state index in [1.807, 2.05) is 60.7 Å². The summed E-state index contributed by atoms with van der Waals surface area (Å²) < 4.78 is 10.4. The predicted molar refractivity (Wildman–Crippen MR) is 98.9 cm³/mol. The van der Waals surface area contributed by atoms with Gasteiger partial charge in [0.25, 0.3) is 0 Å². The summed E-state index contributed by atoms with van der Waals surface area (Å²) in [6, 6.07) is 18.3. The molecular weight excluding hydrogens is 330 g/mol. The minimum Gasteiger partial charge on any atom is -0.461 e. The van der Waals surface area contributed by atoms with E-state index in [0.29, 0.717) is 25.7 Å². The van der Waals surface area contributed by atoms with E-state index in [1.165, 1.54) is 0 Å². The Labute approximate surface area is 154 Å². The summed E-state index contributed by atoms with van der Waals surface area (Å²) in [5, 5.41) is 0. The fraction of sp³-hybridized carbons (Fsp3) is 0.333. The van der Waals surface area contributed by atoms with Gasteiger partial charge in [-0.05, 0) is 24.0 Å². The van der Waals surface area contributed by atoms with Crippen LogP contribution in [0.4, 0.5) is 0 Å². The molecule has 5 heteroatoms. The van der Waals surface area contributed by atoms with Crippen LogP contribution in [0.3, 0.4) is 0 Å². The summed E-state index contributed by atoms with van der Waals surface area (Å²) in [4.78, 5) is 23.6. The lowest BCUT2D eigenvalue weighted by Crippen LogP contribution is -2.32. The Balaban J connectivity index is 1.55. The normalized spacial score (nSPS) is 11.6. The third-order valence-electron chi connectivity index (χ3n) is 3.92. The zero-order chi connectivity index (χ0) is 18.6. The lowest BCUT2D eigenvalue weighted by molar-refractivity contribution is -0.146. The lowest BCUT2D eigenvalue weighted by Gasteiger charge is -2.11. The lowest BCUT2D eigenvalue weighted by atomic mass is 10.1. The summed E-state index contributed by atoms with van der Waals surface area (Å²) in [7, 11) is 0. The van der Waals surface area contributed by atoms with Crippen molar-refractivity contribution in [1.82, 2.24) is 0 Å². The van der Waals surface area contributed by atoms with Crippen LogP contribution < -0.4 is 5.73 Å². The first-order valence-corrected chi connectivity index (χ1v) is 8.81. The molecule has 0 aliphatic heterocycles. The molecule has 1 atom stereocenters. The largest absolute Gasteiger partial charge is 0.461 e. The highest BCUT2D eigenvalue weighted by molar-refractivity contribution is 5.75. The van der Waals surface area contributed by atoms with Gasteiger partial charge in [-0.1, -0.05) is 67.1 Å². The molecule has 2 aromatic carbocycles. The van der Waals surface area contributed by atoms with Gasteiger partial charge in [0.15, 0.2) is 0 Å². The highest BCUT2D eigenvalue weighted by Gasteiger charge is 2.15. The number of unbranched alkanes of at least 4 members (excludes halogenated alkanes) is 1. The first-order chi connectivity index (χ1) is 12.6. The standard InChI is InChI=1S/C21H25NO4/c22-19(21(24)26-16-18-11-5-2-6-12-18)13-7-8-14-20(23)25-15-17-9-3-1-4-10-17/h1-6,9-12,19H,7-8,13-16,22H2. The molecule has 138 valence electrons. The van der Waals surface area contributed by atoms with Crippen molar-refractivity contribution in [2.24, 2.45) is 5.73 Å². The van der Waals surface area contributed by atoms with Gasteiger partial charge in [0, 0.05) is 6.42 Å². The van der Waals surface area contributed by atoms with Gasteiger partial charge < -0.3 is 15.2 Å². The summed E-state index contributed by atoms with van der Waals surface area (Å²) in [5.74, 6) is -0.658. The number of hydrogen-bond acceptors (Lipinski definition) is 5. The Hall–Kier alpha value is -2.66. The van der Waals surface area contributed by atoms with E-state index in [2.05, 4.69) is 0 Å². The van der Waals surface area contributed by atoms with Crippen LogP contribution in [0.5, 0.6) is 0 Å². The van der Waals surface area contributed by atoms with E-state index < -0.39 is 12.0 Å². The Morgan fingerprint density at radius 2 is 1.35 bits per heavy atom. The molecule has 0 fully saturated rings. The monoisotopic (exact) mass is 355 g/mol. The van der Waals surface area contributed by atoms with E-state index in [4.69, 9.17) is 15.2 Å². The van der Waals surface area contributed by atoms with Gasteiger partial charge in [-0.15, -0.1) is 0 Å². The van der Waals surface area contributed by atoms with Crippen molar-refractivity contribution >= 4 is 11.9 Å².